The predicted octanol–water partition coefficient (Wildman–Crippen LogP) is 3.54. The van der Waals surface area contributed by atoms with Crippen LogP contribution in [0.3, 0.4) is 0 Å². The van der Waals surface area contributed by atoms with E-state index in [1.807, 2.05) is 91.0 Å². The smallest absolute Gasteiger partial charge is 0.187 e. The van der Waals surface area contributed by atoms with E-state index >= 15 is 0 Å². The Bertz CT molecular complexity index is 1340. The van der Waals surface area contributed by atoms with Gasteiger partial charge in [0.25, 0.3) is 0 Å². The molecule has 4 heterocycles. The second kappa shape index (κ2) is 12.0. The third kappa shape index (κ3) is 5.55. The van der Waals surface area contributed by atoms with Crippen LogP contribution in [0, 0.1) is 5.92 Å². The SMILES string of the molecule is OC1COC2C3OC(C1OC1OC4COC(c5ccccc5)OC4C(OCc4ccccc4)C1OCc1ccccc1)C23. The van der Waals surface area contributed by atoms with Crippen molar-refractivity contribution in [1.29, 1.82) is 0 Å². The van der Waals surface area contributed by atoms with E-state index in [9.17, 15) is 5.11 Å². The number of hydrogen-bond acceptors (Lipinski definition) is 9. The highest BCUT2D eigenvalue weighted by molar-refractivity contribution is 5.19. The molecule has 1 N–H and O–H groups in total. The lowest BCUT2D eigenvalue weighted by Crippen LogP contribution is -2.65. The van der Waals surface area contributed by atoms with Gasteiger partial charge in [-0.3, -0.25) is 0 Å². The minimum atomic E-state index is -0.871. The maximum Gasteiger partial charge on any atom is 0.187 e. The Morgan fingerprint density at radius 1 is 0.605 bits per heavy atom. The van der Waals surface area contributed by atoms with Gasteiger partial charge in [-0.05, 0) is 11.1 Å². The molecule has 0 amide bonds. The summed E-state index contributed by atoms with van der Waals surface area (Å²) in [5.41, 5.74) is 2.95. The van der Waals surface area contributed by atoms with Crippen molar-refractivity contribution in [3.8, 4) is 0 Å². The summed E-state index contributed by atoms with van der Waals surface area (Å²) < 4.78 is 51.1. The van der Waals surface area contributed by atoms with Gasteiger partial charge in [0.15, 0.2) is 12.6 Å². The highest BCUT2D eigenvalue weighted by atomic mass is 16.8. The highest BCUT2D eigenvalue weighted by Crippen LogP contribution is 2.55. The molecule has 4 saturated heterocycles. The van der Waals surface area contributed by atoms with Crippen LogP contribution in [0.5, 0.6) is 0 Å². The topological polar surface area (TPSA) is 94.1 Å². The minimum Gasteiger partial charge on any atom is -0.388 e. The van der Waals surface area contributed by atoms with Crippen molar-refractivity contribution in [2.24, 2.45) is 5.92 Å². The number of hydrogen-bond donors (Lipinski definition) is 1. The summed E-state index contributed by atoms with van der Waals surface area (Å²) in [6.45, 7) is 1.14. The molecule has 226 valence electrons. The molecule has 5 fully saturated rings. The van der Waals surface area contributed by atoms with Crippen molar-refractivity contribution in [2.45, 2.75) is 80.7 Å². The van der Waals surface area contributed by atoms with Crippen LogP contribution in [0.15, 0.2) is 91.0 Å². The van der Waals surface area contributed by atoms with Gasteiger partial charge in [0.05, 0.1) is 44.7 Å². The Morgan fingerprint density at radius 3 is 1.95 bits per heavy atom. The van der Waals surface area contributed by atoms with E-state index in [4.69, 9.17) is 37.9 Å². The zero-order valence-corrected chi connectivity index (χ0v) is 23.6. The van der Waals surface area contributed by atoms with Crippen LogP contribution >= 0.6 is 0 Å². The van der Waals surface area contributed by atoms with Gasteiger partial charge >= 0.3 is 0 Å². The normalized spacial score (nSPS) is 39.6. The standard InChI is InChI=1S/C34H36O9/c35-23-18-38-28-25-29(41-30(25)28)26(23)42-34-32(37-17-21-12-6-2-7-13-21)31(36-16-20-10-4-1-5-11-20)27-24(40-34)19-39-33(43-27)22-14-8-3-9-15-22/h1-15,23-35H,16-19H2. The minimum absolute atomic E-state index is 0.0343. The van der Waals surface area contributed by atoms with Gasteiger partial charge in [0.2, 0.25) is 0 Å². The molecule has 5 aliphatic rings. The van der Waals surface area contributed by atoms with Gasteiger partial charge in [0.1, 0.15) is 36.6 Å². The van der Waals surface area contributed by atoms with Gasteiger partial charge in [-0.25, -0.2) is 0 Å². The zero-order chi connectivity index (χ0) is 28.8. The molecule has 0 bridgehead atoms. The molecule has 9 nitrogen and oxygen atoms in total. The van der Waals surface area contributed by atoms with Crippen LogP contribution in [0.4, 0.5) is 0 Å². The molecule has 43 heavy (non-hydrogen) atoms. The molecule has 1 saturated carbocycles. The van der Waals surface area contributed by atoms with Crippen molar-refractivity contribution in [1.82, 2.24) is 0 Å². The maximum absolute atomic E-state index is 11.0. The third-order valence-corrected chi connectivity index (χ3v) is 9.02. The van der Waals surface area contributed by atoms with Gasteiger partial charge in [-0.1, -0.05) is 91.0 Å². The summed E-state index contributed by atoms with van der Waals surface area (Å²) >= 11 is 0. The zero-order valence-electron chi connectivity index (χ0n) is 23.6. The van der Waals surface area contributed by atoms with E-state index in [2.05, 4.69) is 0 Å². The first-order valence-corrected chi connectivity index (χ1v) is 15.1. The van der Waals surface area contributed by atoms with Crippen molar-refractivity contribution in [3.05, 3.63) is 108 Å². The first-order chi connectivity index (χ1) is 21.2. The lowest BCUT2D eigenvalue weighted by atomic mass is 9.96. The molecule has 9 heteroatoms. The Hall–Kier alpha value is -2.70. The lowest BCUT2D eigenvalue weighted by Gasteiger charge is -2.50. The second-order valence-electron chi connectivity index (χ2n) is 11.9. The van der Waals surface area contributed by atoms with Crippen molar-refractivity contribution in [2.75, 3.05) is 13.2 Å². The van der Waals surface area contributed by atoms with Gasteiger partial charge in [-0.2, -0.15) is 0 Å². The lowest BCUT2D eigenvalue weighted by molar-refractivity contribution is -0.385. The Balaban J connectivity index is 1.09. The summed E-state index contributed by atoms with van der Waals surface area (Å²) in [5, 5.41) is 11.0. The fraction of sp³-hybridized carbons (Fsp3) is 0.471. The molecule has 12 atom stereocenters. The third-order valence-electron chi connectivity index (χ3n) is 9.02. The summed E-state index contributed by atoms with van der Waals surface area (Å²) in [4.78, 5) is 0. The first kappa shape index (κ1) is 27.8. The molecule has 0 spiro atoms. The van der Waals surface area contributed by atoms with E-state index in [-0.39, 0.29) is 37.4 Å². The number of benzene rings is 3. The van der Waals surface area contributed by atoms with Crippen LogP contribution in [-0.2, 0) is 51.1 Å². The average Bonchev–Trinajstić information content (AvgIpc) is 3.65. The number of ether oxygens (including phenoxy) is 8. The predicted molar refractivity (Wildman–Crippen MR) is 151 cm³/mol. The second-order valence-corrected chi connectivity index (χ2v) is 11.9. The van der Waals surface area contributed by atoms with Gasteiger partial charge in [0, 0.05) is 11.5 Å². The molecule has 3 aromatic rings. The molecular formula is C34H36O9. The van der Waals surface area contributed by atoms with Crippen LogP contribution in [0.2, 0.25) is 0 Å². The first-order valence-electron chi connectivity index (χ1n) is 15.1. The monoisotopic (exact) mass is 588 g/mol. The average molecular weight is 589 g/mol. The number of fused-ring (bicyclic) bond motifs is 2. The molecule has 0 aromatic heterocycles. The van der Waals surface area contributed by atoms with Crippen molar-refractivity contribution >= 4 is 0 Å². The van der Waals surface area contributed by atoms with Gasteiger partial charge < -0.3 is 43.0 Å². The molecule has 8 rings (SSSR count). The maximum atomic E-state index is 11.0. The van der Waals surface area contributed by atoms with Gasteiger partial charge in [-0.15, -0.1) is 0 Å². The Labute approximate surface area is 250 Å². The summed E-state index contributed by atoms with van der Waals surface area (Å²) in [6, 6.07) is 29.8. The molecule has 12 unspecified atom stereocenters. The molecule has 1 aliphatic carbocycles. The number of aliphatic hydroxyl groups is 1. The van der Waals surface area contributed by atoms with Crippen LogP contribution in [0.1, 0.15) is 23.0 Å². The van der Waals surface area contributed by atoms with Crippen LogP contribution in [-0.4, -0.2) is 79.5 Å². The summed E-state index contributed by atoms with van der Waals surface area (Å²) in [5.74, 6) is 0.236. The molecule has 3 aromatic carbocycles. The van der Waals surface area contributed by atoms with E-state index in [1.54, 1.807) is 0 Å². The van der Waals surface area contributed by atoms with E-state index in [1.165, 1.54) is 0 Å². The highest BCUT2D eigenvalue weighted by Gasteiger charge is 2.71. The van der Waals surface area contributed by atoms with E-state index in [0.29, 0.717) is 13.2 Å². The Morgan fingerprint density at radius 2 is 1.26 bits per heavy atom. The van der Waals surface area contributed by atoms with Crippen LogP contribution < -0.4 is 0 Å². The molecule has 4 aliphatic heterocycles. The Kier molecular flexibility index (Phi) is 7.77. The largest absolute Gasteiger partial charge is 0.388 e. The summed E-state index contributed by atoms with van der Waals surface area (Å²) in [7, 11) is 0. The fourth-order valence-corrected chi connectivity index (χ4v) is 6.69. The molecular weight excluding hydrogens is 552 g/mol. The summed E-state index contributed by atoms with van der Waals surface area (Å²) in [6.07, 6.45) is -5.28. The van der Waals surface area contributed by atoms with E-state index in [0.717, 1.165) is 16.7 Å². The number of rotatable bonds is 9. The molecule has 0 radical (unpaired) electrons. The van der Waals surface area contributed by atoms with Crippen molar-refractivity contribution < 1.29 is 43.0 Å². The van der Waals surface area contributed by atoms with Crippen LogP contribution in [0.25, 0.3) is 0 Å². The quantitative estimate of drug-likeness (QED) is 0.403. The number of aliphatic hydroxyl groups excluding tert-OH is 1. The van der Waals surface area contributed by atoms with Crippen molar-refractivity contribution in [3.63, 3.8) is 0 Å². The fourth-order valence-electron chi connectivity index (χ4n) is 6.69. The van der Waals surface area contributed by atoms with E-state index < -0.39 is 49.2 Å².